The summed E-state index contributed by atoms with van der Waals surface area (Å²) < 4.78 is 11.8. The highest BCUT2D eigenvalue weighted by Crippen LogP contribution is 2.36. The van der Waals surface area contributed by atoms with Gasteiger partial charge in [-0.05, 0) is 46.2 Å². The van der Waals surface area contributed by atoms with Gasteiger partial charge in [0.05, 0.1) is 23.0 Å². The van der Waals surface area contributed by atoms with Crippen LogP contribution in [0.5, 0.6) is 5.75 Å². The Morgan fingerprint density at radius 2 is 1.71 bits per heavy atom. The topological polar surface area (TPSA) is 51.6 Å². The first kappa shape index (κ1) is 12.4. The summed E-state index contributed by atoms with van der Waals surface area (Å²) in [5, 5.41) is 9.45. The molecule has 1 aliphatic heterocycles. The number of pyridine rings is 1. The lowest BCUT2D eigenvalue weighted by Gasteiger charge is -2.32. The second-order valence-corrected chi connectivity index (χ2v) is 5.48. The quantitative estimate of drug-likeness (QED) is 0.747. The molecule has 1 aromatic heterocycles. The molecule has 5 heteroatoms. The smallest absolute Gasteiger partial charge is 0.506 e. The molecule has 1 saturated heterocycles. The van der Waals surface area contributed by atoms with E-state index in [9.17, 15) is 5.11 Å². The fourth-order valence-corrected chi connectivity index (χ4v) is 1.66. The minimum Gasteiger partial charge on any atom is -0.506 e. The second-order valence-electron chi connectivity index (χ2n) is 5.48. The molecule has 0 bridgehead atoms. The van der Waals surface area contributed by atoms with Crippen LogP contribution in [-0.4, -0.2) is 28.4 Å². The summed E-state index contributed by atoms with van der Waals surface area (Å²) in [6.07, 6.45) is 1.43. The number of hydrogen-bond donors (Lipinski definition) is 1. The normalized spacial score (nSPS) is 21.8. The monoisotopic (exact) mass is 235 g/mol. The van der Waals surface area contributed by atoms with Crippen molar-refractivity contribution in [3.63, 3.8) is 0 Å². The van der Waals surface area contributed by atoms with Gasteiger partial charge in [0.15, 0.2) is 0 Å². The first-order valence-electron chi connectivity index (χ1n) is 5.74. The molecular weight excluding hydrogens is 217 g/mol. The van der Waals surface area contributed by atoms with Gasteiger partial charge in [0.25, 0.3) is 0 Å². The second kappa shape index (κ2) is 3.72. The van der Waals surface area contributed by atoms with Gasteiger partial charge < -0.3 is 14.4 Å². The molecular formula is C12H18BNO3. The van der Waals surface area contributed by atoms with Crippen molar-refractivity contribution in [1.29, 1.82) is 0 Å². The highest BCUT2D eigenvalue weighted by molar-refractivity contribution is 6.61. The summed E-state index contributed by atoms with van der Waals surface area (Å²) in [5.41, 5.74) is 0.722. The maximum Gasteiger partial charge on any atom is 0.514 e. The van der Waals surface area contributed by atoms with Crippen LogP contribution >= 0.6 is 0 Å². The summed E-state index contributed by atoms with van der Waals surface area (Å²) in [6, 6.07) is 1.79. The third-order valence-corrected chi connectivity index (χ3v) is 3.60. The molecule has 1 N–H and O–H groups in total. The third kappa shape index (κ3) is 2.05. The lowest BCUT2D eigenvalue weighted by Crippen LogP contribution is -2.41. The molecule has 1 fully saturated rings. The van der Waals surface area contributed by atoms with Gasteiger partial charge in [-0.15, -0.1) is 0 Å². The predicted octanol–water partition coefficient (Wildman–Crippen LogP) is 1.39. The van der Waals surface area contributed by atoms with Crippen molar-refractivity contribution in [3.8, 4) is 5.75 Å². The summed E-state index contributed by atoms with van der Waals surface area (Å²) in [7, 11) is -0.473. The van der Waals surface area contributed by atoms with E-state index in [1.165, 1.54) is 6.20 Å². The first-order valence-corrected chi connectivity index (χ1v) is 5.74. The lowest BCUT2D eigenvalue weighted by atomic mass is 9.83. The van der Waals surface area contributed by atoms with E-state index in [2.05, 4.69) is 4.98 Å². The van der Waals surface area contributed by atoms with Crippen LogP contribution in [0.4, 0.5) is 0 Å². The van der Waals surface area contributed by atoms with Crippen molar-refractivity contribution in [1.82, 2.24) is 4.98 Å². The lowest BCUT2D eigenvalue weighted by molar-refractivity contribution is 0.00578. The summed E-state index contributed by atoms with van der Waals surface area (Å²) >= 11 is 0. The van der Waals surface area contributed by atoms with Gasteiger partial charge in [-0.25, -0.2) is 0 Å². The Bertz CT molecular complexity index is 429. The molecule has 0 aromatic carbocycles. The van der Waals surface area contributed by atoms with Crippen molar-refractivity contribution >= 4 is 12.7 Å². The molecule has 4 nitrogen and oxygen atoms in total. The zero-order valence-electron chi connectivity index (χ0n) is 10.9. The first-order chi connectivity index (χ1) is 7.73. The molecule has 0 unspecified atom stereocenters. The maximum absolute atomic E-state index is 9.45. The molecule has 17 heavy (non-hydrogen) atoms. The van der Waals surface area contributed by atoms with Crippen LogP contribution in [0.15, 0.2) is 12.3 Å². The molecule has 2 rings (SSSR count). The van der Waals surface area contributed by atoms with E-state index in [-0.39, 0.29) is 17.0 Å². The van der Waals surface area contributed by atoms with Crippen LogP contribution in [0, 0.1) is 6.92 Å². The van der Waals surface area contributed by atoms with Gasteiger partial charge in [-0.3, -0.25) is 4.98 Å². The standard InChI is InChI=1S/C12H18BNO3/c1-8-6-10(14-7-9(8)15)13-16-11(2,3)12(4,5)17-13/h6-7,15H,1-5H3. The van der Waals surface area contributed by atoms with Crippen LogP contribution in [0.25, 0.3) is 0 Å². The van der Waals surface area contributed by atoms with Crippen molar-refractivity contribution in [3.05, 3.63) is 17.8 Å². The third-order valence-electron chi connectivity index (χ3n) is 3.60. The van der Waals surface area contributed by atoms with Crippen LogP contribution in [0.3, 0.4) is 0 Å². The van der Waals surface area contributed by atoms with E-state index < -0.39 is 7.12 Å². The fourth-order valence-electron chi connectivity index (χ4n) is 1.66. The van der Waals surface area contributed by atoms with Crippen LogP contribution in [0.1, 0.15) is 33.3 Å². The number of aryl methyl sites for hydroxylation is 1. The SMILES string of the molecule is Cc1cc(B2OC(C)(C)C(C)(C)O2)ncc1O. The van der Waals surface area contributed by atoms with Crippen molar-refractivity contribution in [2.24, 2.45) is 0 Å². The molecule has 0 amide bonds. The number of rotatable bonds is 1. The summed E-state index contributed by atoms with van der Waals surface area (Å²) in [6.45, 7) is 9.83. The van der Waals surface area contributed by atoms with E-state index in [0.29, 0.717) is 5.59 Å². The zero-order valence-corrected chi connectivity index (χ0v) is 10.9. The van der Waals surface area contributed by atoms with E-state index in [1.807, 2.05) is 34.6 Å². The van der Waals surface area contributed by atoms with E-state index in [4.69, 9.17) is 9.31 Å². The Hall–Kier alpha value is -1.07. The van der Waals surface area contributed by atoms with Crippen molar-refractivity contribution < 1.29 is 14.4 Å². The average Bonchev–Trinajstić information content (AvgIpc) is 2.41. The van der Waals surface area contributed by atoms with Gasteiger partial charge in [-0.1, -0.05) is 0 Å². The van der Waals surface area contributed by atoms with Gasteiger partial charge in [0.1, 0.15) is 5.75 Å². The molecule has 0 atom stereocenters. The highest BCUT2D eigenvalue weighted by atomic mass is 16.7. The zero-order chi connectivity index (χ0) is 12.8. The Morgan fingerprint density at radius 3 is 2.18 bits per heavy atom. The average molecular weight is 235 g/mol. The number of aromatic nitrogens is 1. The molecule has 0 aliphatic carbocycles. The maximum atomic E-state index is 9.45. The Kier molecular flexibility index (Phi) is 2.71. The number of hydrogen-bond acceptors (Lipinski definition) is 4. The van der Waals surface area contributed by atoms with E-state index in [1.54, 1.807) is 6.07 Å². The molecule has 0 radical (unpaired) electrons. The van der Waals surface area contributed by atoms with Crippen LogP contribution in [0.2, 0.25) is 0 Å². The largest absolute Gasteiger partial charge is 0.514 e. The Morgan fingerprint density at radius 1 is 1.18 bits per heavy atom. The minimum absolute atomic E-state index is 0.185. The summed E-state index contributed by atoms with van der Waals surface area (Å²) in [4.78, 5) is 4.15. The minimum atomic E-state index is -0.473. The van der Waals surface area contributed by atoms with Gasteiger partial charge in [0.2, 0.25) is 0 Å². The van der Waals surface area contributed by atoms with Gasteiger partial charge in [0, 0.05) is 0 Å². The molecule has 2 heterocycles. The molecule has 1 aliphatic rings. The fraction of sp³-hybridized carbons (Fsp3) is 0.583. The molecule has 1 aromatic rings. The summed E-state index contributed by atoms with van der Waals surface area (Å²) in [5.74, 6) is 0.185. The van der Waals surface area contributed by atoms with Crippen molar-refractivity contribution in [2.75, 3.05) is 0 Å². The van der Waals surface area contributed by atoms with Crippen LogP contribution in [-0.2, 0) is 9.31 Å². The van der Waals surface area contributed by atoms with Crippen molar-refractivity contribution in [2.45, 2.75) is 45.8 Å². The highest BCUT2D eigenvalue weighted by Gasteiger charge is 2.52. The number of nitrogens with zero attached hydrogens (tertiary/aromatic N) is 1. The van der Waals surface area contributed by atoms with Gasteiger partial charge >= 0.3 is 7.12 Å². The Labute approximate surface area is 102 Å². The van der Waals surface area contributed by atoms with E-state index in [0.717, 1.165) is 5.56 Å². The predicted molar refractivity (Wildman–Crippen MR) is 66.4 cm³/mol. The molecule has 0 saturated carbocycles. The Balaban J connectivity index is 2.29. The molecule has 0 spiro atoms. The van der Waals surface area contributed by atoms with Gasteiger partial charge in [-0.2, -0.15) is 0 Å². The van der Waals surface area contributed by atoms with Crippen LogP contribution < -0.4 is 5.59 Å². The molecule has 92 valence electrons. The van der Waals surface area contributed by atoms with E-state index >= 15 is 0 Å². The number of aromatic hydroxyl groups is 1.